The van der Waals surface area contributed by atoms with Crippen LogP contribution in [0.3, 0.4) is 0 Å². The van der Waals surface area contributed by atoms with Gasteiger partial charge in [-0.15, -0.1) is 11.3 Å². The van der Waals surface area contributed by atoms with Gasteiger partial charge in [-0.05, 0) is 70.3 Å². The van der Waals surface area contributed by atoms with Crippen molar-refractivity contribution in [3.8, 4) is 0 Å². The summed E-state index contributed by atoms with van der Waals surface area (Å²) in [5.41, 5.74) is 4.02. The van der Waals surface area contributed by atoms with Crippen LogP contribution in [0.25, 0.3) is 0 Å². The minimum Gasteiger partial charge on any atom is -0.478 e. The van der Waals surface area contributed by atoms with Crippen LogP contribution in [-0.2, 0) is 14.3 Å². The summed E-state index contributed by atoms with van der Waals surface area (Å²) in [6.45, 7) is 7.26. The van der Waals surface area contributed by atoms with Gasteiger partial charge >= 0.3 is 5.97 Å². The Balaban J connectivity index is 1.67. The predicted molar refractivity (Wildman–Crippen MR) is 128 cm³/mol. The largest absolute Gasteiger partial charge is 0.478 e. The van der Waals surface area contributed by atoms with Crippen LogP contribution in [0.1, 0.15) is 85.5 Å². The van der Waals surface area contributed by atoms with Gasteiger partial charge in [0.25, 0.3) is 11.8 Å². The molecular formula is C25H32N2O5S. The molecule has 0 unspecified atom stereocenters. The first kappa shape index (κ1) is 23.7. The highest BCUT2D eigenvalue weighted by molar-refractivity contribution is 7.17. The van der Waals surface area contributed by atoms with Gasteiger partial charge in [0.2, 0.25) is 0 Å². The van der Waals surface area contributed by atoms with Crippen molar-refractivity contribution in [3.63, 3.8) is 0 Å². The topological polar surface area (TPSA) is 105 Å². The third-order valence-corrected chi connectivity index (χ3v) is 8.24. The van der Waals surface area contributed by atoms with Gasteiger partial charge in [0.1, 0.15) is 5.00 Å². The first-order valence-corrected chi connectivity index (χ1v) is 12.6. The zero-order valence-electron chi connectivity index (χ0n) is 19.5. The molecule has 3 N–H and O–H groups in total. The number of hydrogen-bond acceptors (Lipinski definition) is 5. The van der Waals surface area contributed by atoms with E-state index in [0.29, 0.717) is 48.1 Å². The summed E-state index contributed by atoms with van der Waals surface area (Å²) in [4.78, 5) is 39.3. The van der Waals surface area contributed by atoms with Crippen molar-refractivity contribution in [2.24, 2.45) is 5.92 Å². The van der Waals surface area contributed by atoms with Gasteiger partial charge in [0.05, 0.1) is 18.8 Å². The number of carbonyl (C=O) groups is 3. The van der Waals surface area contributed by atoms with Crippen molar-refractivity contribution in [3.05, 3.63) is 38.4 Å². The van der Waals surface area contributed by atoms with Gasteiger partial charge in [-0.2, -0.15) is 0 Å². The molecule has 0 spiro atoms. The average Bonchev–Trinajstić information content (AvgIpc) is 3.55. The molecule has 1 aliphatic heterocycles. The number of carbonyl (C=O) groups excluding carboxylic acids is 2. The monoisotopic (exact) mass is 472 g/mol. The van der Waals surface area contributed by atoms with E-state index in [1.165, 1.54) is 16.9 Å². The lowest BCUT2D eigenvalue weighted by Crippen LogP contribution is -2.28. The van der Waals surface area contributed by atoms with E-state index < -0.39 is 11.9 Å². The molecule has 1 saturated carbocycles. The van der Waals surface area contributed by atoms with Crippen LogP contribution in [0.4, 0.5) is 5.00 Å². The van der Waals surface area contributed by atoms with Crippen molar-refractivity contribution in [1.29, 1.82) is 0 Å². The van der Waals surface area contributed by atoms with Crippen LogP contribution in [0.15, 0.2) is 22.4 Å². The molecule has 2 amide bonds. The van der Waals surface area contributed by atoms with Crippen molar-refractivity contribution in [2.75, 3.05) is 18.5 Å². The second-order valence-corrected chi connectivity index (χ2v) is 10.3. The second kappa shape index (κ2) is 9.81. The van der Waals surface area contributed by atoms with Gasteiger partial charge in [0.15, 0.2) is 0 Å². The van der Waals surface area contributed by atoms with E-state index in [1.54, 1.807) is 0 Å². The molecule has 4 rings (SSSR count). The molecule has 33 heavy (non-hydrogen) atoms. The van der Waals surface area contributed by atoms with Crippen molar-refractivity contribution in [1.82, 2.24) is 5.32 Å². The fourth-order valence-corrected chi connectivity index (χ4v) is 5.81. The van der Waals surface area contributed by atoms with Crippen molar-refractivity contribution >= 4 is 34.1 Å². The Morgan fingerprint density at radius 3 is 2.30 bits per heavy atom. The summed E-state index contributed by atoms with van der Waals surface area (Å²) >= 11 is 1.41. The van der Waals surface area contributed by atoms with E-state index in [9.17, 15) is 19.5 Å². The Bertz CT molecular complexity index is 1040. The van der Waals surface area contributed by atoms with Gasteiger partial charge < -0.3 is 20.5 Å². The standard InChI is InChI=1S/C25H32N2O5S/c1-4-13(2)20(15-9-10-15)26-23(29)19-14(3)21(16-11-32-12-16)33-24(19)27-22(28)17-7-5-6-8-18(17)25(30)31/h15-16H,4-12H2,1-3H3,(H,26,29)(H,27,28)(H,30,31)/b20-13+. The maximum absolute atomic E-state index is 13.5. The number of thiophene rings is 1. The van der Waals surface area contributed by atoms with Gasteiger partial charge in [-0.25, -0.2) is 4.79 Å². The van der Waals surface area contributed by atoms with E-state index in [4.69, 9.17) is 4.74 Å². The van der Waals surface area contributed by atoms with Crippen LogP contribution in [0.2, 0.25) is 0 Å². The second-order valence-electron chi connectivity index (χ2n) is 9.23. The summed E-state index contributed by atoms with van der Waals surface area (Å²) in [5.74, 6) is -1.05. The molecule has 2 aliphatic carbocycles. The minimum atomic E-state index is -1.04. The average molecular weight is 473 g/mol. The number of carboxylic acid groups (broad SMARTS) is 1. The van der Waals surface area contributed by atoms with E-state index in [1.807, 2.05) is 6.92 Å². The summed E-state index contributed by atoms with van der Waals surface area (Å²) in [6.07, 6.45) is 5.41. The number of nitrogens with one attached hydrogen (secondary N) is 2. The lowest BCUT2D eigenvalue weighted by Gasteiger charge is -2.25. The van der Waals surface area contributed by atoms with Gasteiger partial charge in [-0.1, -0.05) is 12.5 Å². The molecule has 0 aromatic carbocycles. The maximum Gasteiger partial charge on any atom is 0.332 e. The van der Waals surface area contributed by atoms with Crippen LogP contribution in [-0.4, -0.2) is 36.1 Å². The summed E-state index contributed by atoms with van der Waals surface area (Å²) in [5, 5.41) is 16.1. The molecule has 1 aromatic heterocycles. The molecule has 8 heteroatoms. The fourth-order valence-electron chi connectivity index (χ4n) is 4.54. The van der Waals surface area contributed by atoms with E-state index in [0.717, 1.165) is 48.2 Å². The number of aliphatic carboxylic acids is 1. The smallest absolute Gasteiger partial charge is 0.332 e. The van der Waals surface area contributed by atoms with E-state index in [-0.39, 0.29) is 17.4 Å². The van der Waals surface area contributed by atoms with Crippen LogP contribution in [0.5, 0.6) is 0 Å². The molecule has 0 bridgehead atoms. The normalized spacial score (nSPS) is 19.6. The molecule has 2 fully saturated rings. The Labute approximate surface area is 198 Å². The Kier molecular flexibility index (Phi) is 7.05. The van der Waals surface area contributed by atoms with Crippen LogP contribution < -0.4 is 10.6 Å². The zero-order valence-corrected chi connectivity index (χ0v) is 20.3. The molecule has 1 saturated heterocycles. The lowest BCUT2D eigenvalue weighted by atomic mass is 9.91. The number of rotatable bonds is 8. The zero-order chi connectivity index (χ0) is 23.7. The third-order valence-electron chi connectivity index (χ3n) is 6.87. The Hall–Kier alpha value is -2.45. The number of amides is 2. The molecule has 7 nitrogen and oxygen atoms in total. The number of ether oxygens (including phenoxy) is 1. The highest BCUT2D eigenvalue weighted by Crippen LogP contribution is 2.42. The SMILES string of the molecule is CC/C(C)=C(/NC(=O)c1c(NC(=O)C2=C(C(=O)O)CCCC2)sc(C2COC2)c1C)C1CC1. The van der Waals surface area contributed by atoms with E-state index in [2.05, 4.69) is 24.5 Å². The predicted octanol–water partition coefficient (Wildman–Crippen LogP) is 4.89. The van der Waals surface area contributed by atoms with Crippen LogP contribution in [0, 0.1) is 12.8 Å². The molecule has 1 aromatic rings. The van der Waals surface area contributed by atoms with Crippen LogP contribution >= 0.6 is 11.3 Å². The Morgan fingerprint density at radius 1 is 1.09 bits per heavy atom. The minimum absolute atomic E-state index is 0.183. The quantitative estimate of drug-likeness (QED) is 0.500. The molecule has 2 heterocycles. The molecular weight excluding hydrogens is 440 g/mol. The van der Waals surface area contributed by atoms with Gasteiger partial charge in [0, 0.05) is 27.6 Å². The molecule has 0 radical (unpaired) electrons. The number of carboxylic acids is 1. The first-order chi connectivity index (χ1) is 15.8. The van der Waals surface area contributed by atoms with Gasteiger partial charge in [-0.3, -0.25) is 9.59 Å². The summed E-state index contributed by atoms with van der Waals surface area (Å²) in [6, 6.07) is 0. The number of allylic oxidation sites excluding steroid dienone is 2. The maximum atomic E-state index is 13.5. The summed E-state index contributed by atoms with van der Waals surface area (Å²) < 4.78 is 5.36. The summed E-state index contributed by atoms with van der Waals surface area (Å²) in [7, 11) is 0. The third kappa shape index (κ3) is 4.92. The fraction of sp³-hybridized carbons (Fsp3) is 0.560. The van der Waals surface area contributed by atoms with Crippen molar-refractivity contribution in [2.45, 2.75) is 71.6 Å². The molecule has 0 atom stereocenters. The lowest BCUT2D eigenvalue weighted by molar-refractivity contribution is -0.133. The Morgan fingerprint density at radius 2 is 1.76 bits per heavy atom. The number of anilines is 1. The highest BCUT2D eigenvalue weighted by atomic mass is 32.1. The number of hydrogen-bond donors (Lipinski definition) is 3. The molecule has 178 valence electrons. The highest BCUT2D eigenvalue weighted by Gasteiger charge is 2.34. The van der Waals surface area contributed by atoms with Crippen molar-refractivity contribution < 1.29 is 24.2 Å². The molecule has 3 aliphatic rings. The van der Waals surface area contributed by atoms with E-state index >= 15 is 0 Å². The first-order valence-electron chi connectivity index (χ1n) is 11.8.